The summed E-state index contributed by atoms with van der Waals surface area (Å²) in [4.78, 5) is 12.0. The van der Waals surface area contributed by atoms with Gasteiger partial charge in [0.1, 0.15) is 0 Å². The Morgan fingerprint density at radius 1 is 1.16 bits per heavy atom. The third-order valence-electron chi connectivity index (χ3n) is 2.94. The fourth-order valence-electron chi connectivity index (χ4n) is 1.98. The van der Waals surface area contributed by atoms with Crippen LogP contribution in [0.5, 0.6) is 0 Å². The van der Waals surface area contributed by atoms with Gasteiger partial charge in [-0.05, 0) is 39.1 Å². The highest BCUT2D eigenvalue weighted by Crippen LogP contribution is 2.39. The molecule has 0 saturated carbocycles. The maximum absolute atomic E-state index is 12.0. The van der Waals surface area contributed by atoms with Crippen LogP contribution in [0.4, 0.5) is 0 Å². The molecule has 0 saturated heterocycles. The van der Waals surface area contributed by atoms with Gasteiger partial charge >= 0.3 is 5.97 Å². The minimum atomic E-state index is -1.78. The van der Waals surface area contributed by atoms with Crippen LogP contribution in [0.1, 0.15) is 25.5 Å². The van der Waals surface area contributed by atoms with Crippen molar-refractivity contribution in [1.82, 2.24) is 0 Å². The first-order valence-electron chi connectivity index (χ1n) is 6.49. The number of methoxy groups -OCH3 is 1. The molecule has 0 N–H and O–H groups in total. The fraction of sp³-hybridized carbons (Fsp3) is 0.533. The van der Waals surface area contributed by atoms with Crippen molar-refractivity contribution in [2.75, 3.05) is 7.11 Å². The molecule has 0 aliphatic heterocycles. The minimum Gasteiger partial charge on any atom is -0.469 e. The van der Waals surface area contributed by atoms with Crippen LogP contribution in [0.3, 0.4) is 0 Å². The molecule has 4 heteroatoms. The van der Waals surface area contributed by atoms with Gasteiger partial charge in [-0.2, -0.15) is 0 Å². The van der Waals surface area contributed by atoms with E-state index in [1.165, 1.54) is 7.11 Å². The minimum absolute atomic E-state index is 0.250. The molecule has 0 heterocycles. The summed E-state index contributed by atoms with van der Waals surface area (Å²) in [5.41, 5.74) is 0.302. The maximum Gasteiger partial charge on any atom is 0.314 e. The summed E-state index contributed by atoms with van der Waals surface area (Å²) >= 11 is 0. The maximum atomic E-state index is 12.0. The molecule has 0 fully saturated rings. The number of ether oxygens (including phenoxy) is 1. The first kappa shape index (κ1) is 15.9. The van der Waals surface area contributed by atoms with Crippen LogP contribution in [0.15, 0.2) is 30.3 Å². The quantitative estimate of drug-likeness (QED) is 0.608. The highest BCUT2D eigenvalue weighted by molar-refractivity contribution is 6.69. The van der Waals surface area contributed by atoms with Crippen molar-refractivity contribution in [3.63, 3.8) is 0 Å². The molecule has 0 aliphatic rings. The molecule has 1 rings (SSSR count). The second-order valence-corrected chi connectivity index (χ2v) is 10.7. The smallest absolute Gasteiger partial charge is 0.314 e. The second kappa shape index (κ2) is 5.88. The molecule has 0 aromatic heterocycles. The van der Waals surface area contributed by atoms with Gasteiger partial charge in [0, 0.05) is 0 Å². The highest BCUT2D eigenvalue weighted by atomic mass is 28.4. The Bertz CT molecular complexity index is 421. The molecule has 3 nitrogen and oxygen atoms in total. The van der Waals surface area contributed by atoms with Crippen molar-refractivity contribution in [3.8, 4) is 0 Å². The lowest BCUT2D eigenvalue weighted by molar-refractivity contribution is -0.156. The Hall–Kier alpha value is -1.13. The monoisotopic (exact) mass is 280 g/mol. The van der Waals surface area contributed by atoms with Crippen LogP contribution in [-0.2, 0) is 14.0 Å². The van der Waals surface area contributed by atoms with E-state index in [2.05, 4.69) is 19.6 Å². The molecule has 1 aromatic rings. The Labute approximate surface area is 117 Å². The van der Waals surface area contributed by atoms with Gasteiger partial charge in [0.05, 0.1) is 18.6 Å². The first-order chi connectivity index (χ1) is 8.68. The third kappa shape index (κ3) is 4.18. The normalized spacial score (nSPS) is 14.0. The van der Waals surface area contributed by atoms with Crippen LogP contribution in [0.2, 0.25) is 19.6 Å². The molecule has 1 aromatic carbocycles. The predicted molar refractivity (Wildman–Crippen MR) is 79.4 cm³/mol. The zero-order valence-corrected chi connectivity index (χ0v) is 13.7. The zero-order chi connectivity index (χ0) is 14.7. The van der Waals surface area contributed by atoms with Gasteiger partial charge in [-0.3, -0.25) is 4.79 Å². The van der Waals surface area contributed by atoms with E-state index in [1.54, 1.807) is 0 Å². The van der Waals surface area contributed by atoms with Gasteiger partial charge in [-0.1, -0.05) is 30.3 Å². The van der Waals surface area contributed by atoms with Crippen molar-refractivity contribution >= 4 is 14.3 Å². The number of carbonyl (C=O) groups excluding carboxylic acids is 1. The van der Waals surface area contributed by atoms with Crippen LogP contribution in [0, 0.1) is 5.41 Å². The van der Waals surface area contributed by atoms with Crippen molar-refractivity contribution in [3.05, 3.63) is 35.9 Å². The summed E-state index contributed by atoms with van der Waals surface area (Å²) in [6.45, 7) is 10.1. The molecule has 106 valence electrons. The summed E-state index contributed by atoms with van der Waals surface area (Å²) in [6.07, 6.45) is -0.284. The number of rotatable bonds is 5. The van der Waals surface area contributed by atoms with Crippen molar-refractivity contribution in [2.45, 2.75) is 39.6 Å². The summed E-state index contributed by atoms with van der Waals surface area (Å²) in [5, 5.41) is 0. The number of carbonyl (C=O) groups is 1. The van der Waals surface area contributed by atoms with E-state index in [9.17, 15) is 4.79 Å². The SMILES string of the molecule is COC(=O)C(C)(C)C(O[Si](C)(C)C)c1ccccc1. The summed E-state index contributed by atoms with van der Waals surface area (Å²) in [5.74, 6) is -0.250. The molecule has 19 heavy (non-hydrogen) atoms. The standard InChI is InChI=1S/C15H24O3Si/c1-15(2,14(16)17-3)13(18-19(4,5)6)12-10-8-7-9-11-12/h7-11,13H,1-6H3. The molecule has 0 amide bonds. The number of esters is 1. The molecule has 0 spiro atoms. The van der Waals surface area contributed by atoms with Crippen molar-refractivity contribution < 1.29 is 14.0 Å². The lowest BCUT2D eigenvalue weighted by Gasteiger charge is -2.36. The van der Waals surface area contributed by atoms with Gasteiger partial charge in [-0.15, -0.1) is 0 Å². The van der Waals surface area contributed by atoms with Crippen LogP contribution < -0.4 is 0 Å². The Morgan fingerprint density at radius 3 is 2.11 bits per heavy atom. The molecular weight excluding hydrogens is 256 g/mol. The van der Waals surface area contributed by atoms with Crippen molar-refractivity contribution in [2.24, 2.45) is 5.41 Å². The third-order valence-corrected chi connectivity index (χ3v) is 3.88. The zero-order valence-electron chi connectivity index (χ0n) is 12.7. The Balaban J connectivity index is 3.17. The fourth-order valence-corrected chi connectivity index (χ4v) is 3.12. The van der Waals surface area contributed by atoms with Crippen molar-refractivity contribution in [1.29, 1.82) is 0 Å². The first-order valence-corrected chi connectivity index (χ1v) is 9.90. The van der Waals surface area contributed by atoms with E-state index in [0.717, 1.165) is 5.56 Å². The lowest BCUT2D eigenvalue weighted by atomic mass is 9.83. The number of hydrogen-bond donors (Lipinski definition) is 0. The lowest BCUT2D eigenvalue weighted by Crippen LogP contribution is -2.39. The van der Waals surface area contributed by atoms with Crippen LogP contribution in [0.25, 0.3) is 0 Å². The average molecular weight is 280 g/mol. The van der Waals surface area contributed by atoms with E-state index in [1.807, 2.05) is 44.2 Å². The van der Waals surface area contributed by atoms with E-state index < -0.39 is 13.7 Å². The molecule has 0 aliphatic carbocycles. The second-order valence-electron chi connectivity index (χ2n) is 6.23. The van der Waals surface area contributed by atoms with Gasteiger partial charge in [-0.25, -0.2) is 0 Å². The predicted octanol–water partition coefficient (Wildman–Crippen LogP) is 3.78. The molecular formula is C15H24O3Si. The number of benzene rings is 1. The summed E-state index contributed by atoms with van der Waals surface area (Å²) in [7, 11) is -0.362. The Morgan fingerprint density at radius 2 is 1.68 bits per heavy atom. The topological polar surface area (TPSA) is 35.5 Å². The van der Waals surface area contributed by atoms with E-state index in [0.29, 0.717) is 0 Å². The van der Waals surface area contributed by atoms with Gasteiger partial charge in [0.25, 0.3) is 0 Å². The number of hydrogen-bond acceptors (Lipinski definition) is 3. The van der Waals surface area contributed by atoms with E-state index >= 15 is 0 Å². The Kier molecular flexibility index (Phi) is 4.93. The van der Waals surface area contributed by atoms with Gasteiger partial charge in [0.2, 0.25) is 0 Å². The van der Waals surface area contributed by atoms with Gasteiger partial charge < -0.3 is 9.16 Å². The van der Waals surface area contributed by atoms with E-state index in [4.69, 9.17) is 9.16 Å². The average Bonchev–Trinajstić information content (AvgIpc) is 2.34. The largest absolute Gasteiger partial charge is 0.469 e. The molecule has 0 bridgehead atoms. The highest BCUT2D eigenvalue weighted by Gasteiger charge is 2.41. The molecule has 1 unspecified atom stereocenters. The van der Waals surface area contributed by atoms with Gasteiger partial charge in [0.15, 0.2) is 8.32 Å². The molecule has 0 radical (unpaired) electrons. The summed E-state index contributed by atoms with van der Waals surface area (Å²) in [6, 6.07) is 9.87. The van der Waals surface area contributed by atoms with Crippen LogP contribution in [-0.4, -0.2) is 21.4 Å². The van der Waals surface area contributed by atoms with Crippen LogP contribution >= 0.6 is 0 Å². The van der Waals surface area contributed by atoms with E-state index in [-0.39, 0.29) is 12.1 Å². The summed E-state index contributed by atoms with van der Waals surface area (Å²) < 4.78 is 11.2. The molecule has 1 atom stereocenters.